The number of nitrogens with one attached hydrogen (secondary N) is 2. The zero-order valence-electron chi connectivity index (χ0n) is 10.4. The van der Waals surface area contributed by atoms with Crippen molar-refractivity contribution in [3.63, 3.8) is 0 Å². The molecule has 1 aliphatic rings. The first-order valence-electron chi connectivity index (χ1n) is 6.22. The molecule has 2 rings (SSSR count). The number of aromatic nitrogens is 2. The highest BCUT2D eigenvalue weighted by Gasteiger charge is 2.42. The fourth-order valence-electron chi connectivity index (χ4n) is 2.39. The lowest BCUT2D eigenvalue weighted by molar-refractivity contribution is -0.144. The van der Waals surface area contributed by atoms with Gasteiger partial charge in [0.2, 0.25) is 0 Å². The topological polar surface area (TPSA) is 112 Å². The highest BCUT2D eigenvalue weighted by Crippen LogP contribution is 2.29. The van der Waals surface area contributed by atoms with Crippen LogP contribution in [-0.2, 0) is 14.8 Å². The van der Waals surface area contributed by atoms with Crippen molar-refractivity contribution in [1.29, 1.82) is 0 Å². The molecule has 106 valence electrons. The van der Waals surface area contributed by atoms with Crippen LogP contribution in [0.4, 0.5) is 0 Å². The number of hydrogen-bond acceptors (Lipinski definition) is 4. The first-order valence-corrected chi connectivity index (χ1v) is 7.70. The Hall–Kier alpha value is -1.41. The fraction of sp³-hybridized carbons (Fsp3) is 0.636. The minimum Gasteiger partial charge on any atom is -0.480 e. The number of aliphatic carboxylic acids is 1. The van der Waals surface area contributed by atoms with Gasteiger partial charge in [-0.2, -0.15) is 4.72 Å². The van der Waals surface area contributed by atoms with Crippen LogP contribution in [0, 0.1) is 0 Å². The lowest BCUT2D eigenvalue weighted by Gasteiger charge is -2.28. The summed E-state index contributed by atoms with van der Waals surface area (Å²) in [6.45, 7) is 0. The van der Waals surface area contributed by atoms with Crippen molar-refractivity contribution in [2.45, 2.75) is 49.1 Å². The highest BCUT2D eigenvalue weighted by molar-refractivity contribution is 7.89. The Kier molecular flexibility index (Phi) is 3.91. The number of imidazole rings is 1. The summed E-state index contributed by atoms with van der Waals surface area (Å²) in [7, 11) is -3.89. The van der Waals surface area contributed by atoms with E-state index in [0.29, 0.717) is 25.7 Å². The maximum atomic E-state index is 12.1. The van der Waals surface area contributed by atoms with E-state index in [9.17, 15) is 18.3 Å². The molecule has 1 aromatic rings. The average molecular weight is 287 g/mol. The largest absolute Gasteiger partial charge is 0.480 e. The van der Waals surface area contributed by atoms with Crippen molar-refractivity contribution in [2.24, 2.45) is 0 Å². The van der Waals surface area contributed by atoms with Crippen molar-refractivity contribution >= 4 is 16.0 Å². The predicted octanol–water partition coefficient (Wildman–Crippen LogP) is 0.866. The molecule has 0 unspecified atom stereocenters. The molecule has 7 nitrogen and oxygen atoms in total. The van der Waals surface area contributed by atoms with Gasteiger partial charge in [0.15, 0.2) is 5.03 Å². The quantitative estimate of drug-likeness (QED) is 0.711. The minimum atomic E-state index is -3.89. The molecule has 0 amide bonds. The van der Waals surface area contributed by atoms with Gasteiger partial charge < -0.3 is 10.1 Å². The maximum Gasteiger partial charge on any atom is 0.324 e. The molecule has 0 atom stereocenters. The average Bonchev–Trinajstić information content (AvgIpc) is 2.78. The molecule has 0 aromatic carbocycles. The molecular formula is C11H17N3O4S. The second-order valence-electron chi connectivity index (χ2n) is 4.82. The third-order valence-electron chi connectivity index (χ3n) is 3.46. The van der Waals surface area contributed by atoms with Crippen molar-refractivity contribution in [1.82, 2.24) is 14.7 Å². The van der Waals surface area contributed by atoms with E-state index in [2.05, 4.69) is 14.7 Å². The molecule has 0 bridgehead atoms. The Morgan fingerprint density at radius 2 is 1.95 bits per heavy atom. The van der Waals surface area contributed by atoms with Crippen molar-refractivity contribution in [3.05, 3.63) is 12.5 Å². The van der Waals surface area contributed by atoms with Gasteiger partial charge in [0.25, 0.3) is 10.0 Å². The van der Waals surface area contributed by atoms with Crippen molar-refractivity contribution in [2.75, 3.05) is 0 Å². The first-order chi connectivity index (χ1) is 8.96. The molecule has 8 heteroatoms. The Bertz CT molecular complexity index is 530. The molecule has 1 fully saturated rings. The predicted molar refractivity (Wildman–Crippen MR) is 67.0 cm³/mol. The molecule has 1 saturated carbocycles. The van der Waals surface area contributed by atoms with Crippen LogP contribution < -0.4 is 4.72 Å². The summed E-state index contributed by atoms with van der Waals surface area (Å²) < 4.78 is 26.6. The molecule has 3 N–H and O–H groups in total. The van der Waals surface area contributed by atoms with Gasteiger partial charge in [-0.1, -0.05) is 25.7 Å². The number of carbonyl (C=O) groups is 1. The Balaban J connectivity index is 2.28. The van der Waals surface area contributed by atoms with Crippen LogP contribution in [0.2, 0.25) is 0 Å². The number of H-pyrrole nitrogens is 1. The number of carboxylic acid groups (broad SMARTS) is 1. The number of sulfonamides is 1. The standard InChI is InChI=1S/C11H17N3O4S/c15-10(16)11(5-3-1-2-4-6-11)14-19(17,18)9-7-12-8-13-9/h7-8,14H,1-6H2,(H,12,13)(H,15,16). The number of rotatable bonds is 4. The summed E-state index contributed by atoms with van der Waals surface area (Å²) in [4.78, 5) is 17.7. The summed E-state index contributed by atoms with van der Waals surface area (Å²) in [5.41, 5.74) is -1.40. The van der Waals surface area contributed by atoms with E-state index in [1.54, 1.807) is 0 Å². The molecule has 0 saturated heterocycles. The summed E-state index contributed by atoms with van der Waals surface area (Å²) in [6, 6.07) is 0. The summed E-state index contributed by atoms with van der Waals surface area (Å²) >= 11 is 0. The molecule has 0 spiro atoms. The molecule has 1 aliphatic carbocycles. The van der Waals surface area contributed by atoms with E-state index in [0.717, 1.165) is 19.0 Å². The van der Waals surface area contributed by atoms with E-state index >= 15 is 0 Å². The number of hydrogen-bond donors (Lipinski definition) is 3. The smallest absolute Gasteiger partial charge is 0.324 e. The maximum absolute atomic E-state index is 12.1. The number of aromatic amines is 1. The van der Waals surface area contributed by atoms with Crippen LogP contribution in [0.25, 0.3) is 0 Å². The summed E-state index contributed by atoms with van der Waals surface area (Å²) in [5, 5.41) is 9.31. The zero-order chi connectivity index (χ0) is 13.9. The normalized spacial score (nSPS) is 19.8. The second-order valence-corrected chi connectivity index (χ2v) is 6.47. The zero-order valence-corrected chi connectivity index (χ0v) is 11.2. The number of carboxylic acids is 1. The summed E-state index contributed by atoms with van der Waals surface area (Å²) in [5.74, 6) is -1.11. The van der Waals surface area contributed by atoms with E-state index in [-0.39, 0.29) is 5.03 Å². The van der Waals surface area contributed by atoms with Gasteiger partial charge in [0, 0.05) is 0 Å². The Morgan fingerprint density at radius 3 is 2.42 bits per heavy atom. The molecule has 0 aliphatic heterocycles. The van der Waals surface area contributed by atoms with Crippen molar-refractivity contribution in [3.8, 4) is 0 Å². The molecule has 1 aromatic heterocycles. The van der Waals surface area contributed by atoms with Crippen LogP contribution in [-0.4, -0.2) is 35.0 Å². The lowest BCUT2D eigenvalue weighted by atomic mass is 9.92. The van der Waals surface area contributed by atoms with Crippen LogP contribution >= 0.6 is 0 Å². The third kappa shape index (κ3) is 2.95. The molecule has 0 radical (unpaired) electrons. The van der Waals surface area contributed by atoms with Crippen LogP contribution in [0.15, 0.2) is 17.6 Å². The van der Waals surface area contributed by atoms with Gasteiger partial charge in [-0.15, -0.1) is 0 Å². The third-order valence-corrected chi connectivity index (χ3v) is 4.92. The first kappa shape index (κ1) is 14.0. The van der Waals surface area contributed by atoms with Gasteiger partial charge in [-0.3, -0.25) is 4.79 Å². The van der Waals surface area contributed by atoms with Crippen LogP contribution in [0.5, 0.6) is 0 Å². The van der Waals surface area contributed by atoms with Crippen LogP contribution in [0.3, 0.4) is 0 Å². The SMILES string of the molecule is O=C(O)C1(NS(=O)(=O)c2cnc[nH]2)CCCCCC1. The molecular weight excluding hydrogens is 270 g/mol. The molecule has 1 heterocycles. The monoisotopic (exact) mass is 287 g/mol. The van der Waals surface area contributed by atoms with E-state index in [4.69, 9.17) is 0 Å². The summed E-state index contributed by atoms with van der Waals surface area (Å²) in [6.07, 6.45) is 6.31. The number of nitrogens with zero attached hydrogens (tertiary/aromatic N) is 1. The lowest BCUT2D eigenvalue weighted by Crippen LogP contribution is -2.54. The Labute approximate surface area is 111 Å². The van der Waals surface area contributed by atoms with Gasteiger partial charge >= 0.3 is 5.97 Å². The van der Waals surface area contributed by atoms with Gasteiger partial charge in [0.1, 0.15) is 5.54 Å². The minimum absolute atomic E-state index is 0.114. The Morgan fingerprint density at radius 1 is 1.32 bits per heavy atom. The van der Waals surface area contributed by atoms with Crippen LogP contribution in [0.1, 0.15) is 38.5 Å². The van der Waals surface area contributed by atoms with Gasteiger partial charge in [-0.25, -0.2) is 13.4 Å². The van der Waals surface area contributed by atoms with Gasteiger partial charge in [0.05, 0.1) is 12.5 Å². The van der Waals surface area contributed by atoms with Gasteiger partial charge in [-0.05, 0) is 12.8 Å². The highest BCUT2D eigenvalue weighted by atomic mass is 32.2. The van der Waals surface area contributed by atoms with E-state index in [1.165, 1.54) is 6.33 Å². The second kappa shape index (κ2) is 5.30. The van der Waals surface area contributed by atoms with E-state index in [1.807, 2.05) is 0 Å². The van der Waals surface area contributed by atoms with Crippen molar-refractivity contribution < 1.29 is 18.3 Å². The van der Waals surface area contributed by atoms with E-state index < -0.39 is 21.5 Å². The molecule has 19 heavy (non-hydrogen) atoms. The fourth-order valence-corrected chi connectivity index (χ4v) is 3.72.